The summed E-state index contributed by atoms with van der Waals surface area (Å²) in [6, 6.07) is 0. The molecule has 2 rings (SSSR count). The Morgan fingerprint density at radius 2 is 2.04 bits per heavy atom. The van der Waals surface area contributed by atoms with Crippen LogP contribution in [0.4, 0.5) is 17.2 Å². The van der Waals surface area contributed by atoms with Crippen molar-refractivity contribution in [2.75, 3.05) is 42.3 Å². The van der Waals surface area contributed by atoms with E-state index in [9.17, 15) is 0 Å². The minimum atomic E-state index is -0.314. The number of pyridine rings is 1. The first kappa shape index (κ1) is 21.3. The Morgan fingerprint density at radius 3 is 2.67 bits per heavy atom. The molecule has 3 N–H and O–H groups in total. The highest BCUT2D eigenvalue weighted by atomic mass is 16.6. The summed E-state index contributed by atoms with van der Waals surface area (Å²) in [5.41, 5.74) is 11.1. The van der Waals surface area contributed by atoms with Gasteiger partial charge in [-0.1, -0.05) is 18.5 Å². The minimum absolute atomic E-state index is 0.314. The van der Waals surface area contributed by atoms with Crippen LogP contribution in [-0.2, 0) is 9.57 Å². The van der Waals surface area contributed by atoms with Gasteiger partial charge in [-0.2, -0.15) is 0 Å². The molecule has 0 saturated carbocycles. The minimum Gasteiger partial charge on any atom is -0.396 e. The number of nitrogens with zero attached hydrogens (tertiary/aromatic N) is 3. The van der Waals surface area contributed by atoms with Crippen LogP contribution in [0.25, 0.3) is 0 Å². The third kappa shape index (κ3) is 4.64. The van der Waals surface area contributed by atoms with E-state index in [-0.39, 0.29) is 5.66 Å². The smallest absolute Gasteiger partial charge is 0.149 e. The summed E-state index contributed by atoms with van der Waals surface area (Å²) >= 11 is 0. The lowest BCUT2D eigenvalue weighted by Crippen LogP contribution is -2.55. The number of anilines is 3. The molecule has 0 aromatic carbocycles. The van der Waals surface area contributed by atoms with Gasteiger partial charge in [0.05, 0.1) is 18.0 Å². The molecule has 0 radical (unpaired) electrons. The van der Waals surface area contributed by atoms with Gasteiger partial charge in [-0.15, -0.1) is 0 Å². The first-order valence-electron chi connectivity index (χ1n) is 9.89. The van der Waals surface area contributed by atoms with E-state index >= 15 is 0 Å². The van der Waals surface area contributed by atoms with Gasteiger partial charge in [0, 0.05) is 25.3 Å². The molecule has 2 heterocycles. The topological polar surface area (TPSA) is 85.0 Å². The van der Waals surface area contributed by atoms with E-state index in [1.54, 1.807) is 0 Å². The van der Waals surface area contributed by atoms with Crippen molar-refractivity contribution in [3.05, 3.63) is 11.3 Å². The van der Waals surface area contributed by atoms with E-state index in [4.69, 9.17) is 15.3 Å². The number of oxime groups is 1. The van der Waals surface area contributed by atoms with Gasteiger partial charge in [-0.05, 0) is 46.6 Å². The van der Waals surface area contributed by atoms with E-state index in [0.717, 1.165) is 54.2 Å². The highest BCUT2D eigenvalue weighted by Gasteiger charge is 2.45. The molecular weight excluding hydrogens is 342 g/mol. The fourth-order valence-electron chi connectivity index (χ4n) is 3.63. The SMILES string of the molecule is CCCC1(COCC)Nc2c(N)nc(C)c(C)c2N1CCCON=C(C)C. The summed E-state index contributed by atoms with van der Waals surface area (Å²) in [6.45, 7) is 14.9. The maximum absolute atomic E-state index is 6.28. The van der Waals surface area contributed by atoms with Crippen LogP contribution in [0.3, 0.4) is 0 Å². The number of nitrogens with one attached hydrogen (secondary N) is 1. The predicted molar refractivity (Wildman–Crippen MR) is 113 cm³/mol. The third-order valence-electron chi connectivity index (χ3n) is 4.90. The van der Waals surface area contributed by atoms with E-state index in [1.807, 2.05) is 27.7 Å². The second kappa shape index (κ2) is 9.26. The van der Waals surface area contributed by atoms with Gasteiger partial charge < -0.3 is 25.5 Å². The fraction of sp³-hybridized carbons (Fsp3) is 0.700. The Kier molecular flexibility index (Phi) is 7.30. The van der Waals surface area contributed by atoms with Gasteiger partial charge in [0.1, 0.15) is 23.8 Å². The lowest BCUT2D eigenvalue weighted by Gasteiger charge is -2.40. The van der Waals surface area contributed by atoms with E-state index in [1.165, 1.54) is 0 Å². The summed E-state index contributed by atoms with van der Waals surface area (Å²) in [4.78, 5) is 12.3. The number of nitrogen functional groups attached to an aromatic ring is 1. The number of hydrogen-bond donors (Lipinski definition) is 2. The summed E-state index contributed by atoms with van der Waals surface area (Å²) in [5.74, 6) is 0.551. The summed E-state index contributed by atoms with van der Waals surface area (Å²) in [7, 11) is 0. The van der Waals surface area contributed by atoms with Crippen molar-refractivity contribution in [2.24, 2.45) is 5.16 Å². The predicted octanol–water partition coefficient (Wildman–Crippen LogP) is 3.85. The first-order chi connectivity index (χ1) is 12.9. The van der Waals surface area contributed by atoms with Crippen LogP contribution in [0, 0.1) is 13.8 Å². The molecule has 0 aliphatic carbocycles. The highest BCUT2D eigenvalue weighted by molar-refractivity contribution is 5.88. The van der Waals surface area contributed by atoms with Gasteiger partial charge in [0.25, 0.3) is 0 Å². The molecule has 152 valence electrons. The lowest BCUT2D eigenvalue weighted by molar-refractivity contribution is 0.0962. The number of hydrogen-bond acceptors (Lipinski definition) is 7. The molecule has 1 aromatic heterocycles. The quantitative estimate of drug-likeness (QED) is 0.366. The molecule has 7 heteroatoms. The summed E-state index contributed by atoms with van der Waals surface area (Å²) < 4.78 is 5.89. The number of aromatic nitrogens is 1. The molecule has 27 heavy (non-hydrogen) atoms. The van der Waals surface area contributed by atoms with Crippen LogP contribution in [0.1, 0.15) is 58.2 Å². The molecule has 1 aliphatic rings. The maximum Gasteiger partial charge on any atom is 0.149 e. The van der Waals surface area contributed by atoms with Gasteiger partial charge in [0.2, 0.25) is 0 Å². The van der Waals surface area contributed by atoms with E-state index in [0.29, 0.717) is 25.6 Å². The monoisotopic (exact) mass is 377 g/mol. The van der Waals surface area contributed by atoms with Crippen molar-refractivity contribution in [1.82, 2.24) is 4.98 Å². The largest absolute Gasteiger partial charge is 0.396 e. The molecule has 0 fully saturated rings. The van der Waals surface area contributed by atoms with Crippen molar-refractivity contribution in [3.63, 3.8) is 0 Å². The van der Waals surface area contributed by atoms with Crippen LogP contribution >= 0.6 is 0 Å². The van der Waals surface area contributed by atoms with Crippen LogP contribution in [0.5, 0.6) is 0 Å². The van der Waals surface area contributed by atoms with Gasteiger partial charge in [-0.3, -0.25) is 0 Å². The molecule has 0 amide bonds. The van der Waals surface area contributed by atoms with Gasteiger partial charge in [0.15, 0.2) is 0 Å². The molecule has 0 spiro atoms. The number of ether oxygens (including phenoxy) is 1. The second-order valence-electron chi connectivity index (χ2n) is 7.35. The normalized spacial score (nSPS) is 18.2. The Balaban J connectivity index is 2.34. The van der Waals surface area contributed by atoms with Crippen molar-refractivity contribution < 1.29 is 9.57 Å². The molecule has 0 saturated heterocycles. The van der Waals surface area contributed by atoms with Crippen molar-refractivity contribution in [1.29, 1.82) is 0 Å². The van der Waals surface area contributed by atoms with E-state index < -0.39 is 0 Å². The molecule has 1 atom stereocenters. The Hall–Kier alpha value is -2.02. The molecule has 7 nitrogen and oxygen atoms in total. The van der Waals surface area contributed by atoms with E-state index in [2.05, 4.69) is 34.2 Å². The average molecular weight is 378 g/mol. The zero-order valence-electron chi connectivity index (χ0n) is 17.7. The zero-order chi connectivity index (χ0) is 20.0. The lowest BCUT2D eigenvalue weighted by atomic mass is 10.0. The summed E-state index contributed by atoms with van der Waals surface area (Å²) in [6.07, 6.45) is 2.84. The number of aryl methyl sites for hydroxylation is 1. The van der Waals surface area contributed by atoms with Crippen molar-refractivity contribution >= 4 is 22.9 Å². The second-order valence-corrected chi connectivity index (χ2v) is 7.35. The van der Waals surface area contributed by atoms with Gasteiger partial charge in [-0.25, -0.2) is 4.98 Å². The highest BCUT2D eigenvalue weighted by Crippen LogP contribution is 2.47. The Labute approximate surface area is 163 Å². The maximum atomic E-state index is 6.28. The van der Waals surface area contributed by atoms with Crippen molar-refractivity contribution in [2.45, 2.75) is 66.5 Å². The number of nitrogens with two attached hydrogens (primary N) is 1. The van der Waals surface area contributed by atoms with Crippen LogP contribution < -0.4 is 16.0 Å². The molecular formula is C20H35N5O2. The van der Waals surface area contributed by atoms with Crippen molar-refractivity contribution in [3.8, 4) is 0 Å². The van der Waals surface area contributed by atoms with Crippen LogP contribution in [0.2, 0.25) is 0 Å². The molecule has 1 unspecified atom stereocenters. The molecule has 1 aromatic rings. The number of rotatable bonds is 10. The summed E-state index contributed by atoms with van der Waals surface area (Å²) in [5, 5.41) is 7.70. The van der Waals surface area contributed by atoms with Crippen LogP contribution in [0.15, 0.2) is 5.16 Å². The number of fused-ring (bicyclic) bond motifs is 1. The average Bonchev–Trinajstić information content (AvgIpc) is 2.93. The fourth-order valence-corrected chi connectivity index (χ4v) is 3.63. The zero-order valence-corrected chi connectivity index (χ0v) is 17.7. The Morgan fingerprint density at radius 1 is 1.30 bits per heavy atom. The molecule has 0 bridgehead atoms. The standard InChI is InChI=1S/C20H35N5O2/c1-7-10-20(13-26-8-2)23-17-18(15(5)16(6)22-19(17)21)25(20)11-9-12-27-24-14(3)4/h23H,7-13H2,1-6H3,(H2,21,22). The van der Waals surface area contributed by atoms with Gasteiger partial charge >= 0.3 is 0 Å². The first-order valence-corrected chi connectivity index (χ1v) is 9.89. The molecule has 1 aliphatic heterocycles. The third-order valence-corrected chi connectivity index (χ3v) is 4.90. The Bertz CT molecular complexity index is 673. The van der Waals surface area contributed by atoms with Crippen LogP contribution in [-0.4, -0.2) is 42.7 Å².